The molecule has 16 heavy (non-hydrogen) atoms. The molecule has 1 aliphatic heterocycles. The Labute approximate surface area is 95.5 Å². The molecule has 80 valence electrons. The highest BCUT2D eigenvalue weighted by atomic mass is 31.1. The van der Waals surface area contributed by atoms with Crippen LogP contribution in [-0.4, -0.2) is 6.10 Å². The molecule has 0 saturated heterocycles. The molecule has 0 spiro atoms. The van der Waals surface area contributed by atoms with Crippen LogP contribution in [-0.2, 0) is 9.05 Å². The maximum Gasteiger partial charge on any atom is 0.215 e. The van der Waals surface area contributed by atoms with E-state index in [1.165, 1.54) is 10.8 Å². The van der Waals surface area contributed by atoms with Crippen LogP contribution in [0.5, 0.6) is 0 Å². The smallest absolute Gasteiger partial charge is 0.215 e. The molecule has 1 heterocycles. The van der Waals surface area contributed by atoms with Gasteiger partial charge in [-0.05, 0) is 10.8 Å². The molecule has 1 aromatic rings. The molecule has 3 heteroatoms. The Morgan fingerprint density at radius 2 is 2.06 bits per heavy atom. The van der Waals surface area contributed by atoms with Crippen molar-refractivity contribution in [3.63, 3.8) is 0 Å². The lowest BCUT2D eigenvalue weighted by molar-refractivity contribution is 0.312. The zero-order valence-corrected chi connectivity index (χ0v) is 9.59. The summed E-state index contributed by atoms with van der Waals surface area (Å²) in [6.07, 6.45) is 9.98. The Morgan fingerprint density at radius 3 is 3.06 bits per heavy atom. The molecule has 0 saturated carbocycles. The summed E-state index contributed by atoms with van der Waals surface area (Å²) in [4.78, 5) is 0. The first-order valence-corrected chi connectivity index (χ1v) is 5.97. The Kier molecular flexibility index (Phi) is 2.61. The summed E-state index contributed by atoms with van der Waals surface area (Å²) in [7, 11) is 0.0508. The molecule has 2 atom stereocenters. The number of hydrogen-bond donors (Lipinski definition) is 0. The molecule has 2 aliphatic rings. The van der Waals surface area contributed by atoms with E-state index in [-0.39, 0.29) is 15.1 Å². The average molecular weight is 230 g/mol. The fourth-order valence-electron chi connectivity index (χ4n) is 1.90. The number of rotatable bonds is 0. The fraction of sp³-hybridized carbons (Fsp3) is 0.0769. The van der Waals surface area contributed by atoms with Crippen molar-refractivity contribution in [3.8, 4) is 0 Å². The molecule has 2 nitrogen and oxygen atoms in total. The van der Waals surface area contributed by atoms with E-state index in [0.717, 1.165) is 5.22 Å². The molecule has 0 bridgehead atoms. The van der Waals surface area contributed by atoms with Crippen LogP contribution in [0.1, 0.15) is 0 Å². The van der Waals surface area contributed by atoms with E-state index in [2.05, 4.69) is 18.2 Å². The highest BCUT2D eigenvalue weighted by Gasteiger charge is 2.14. The quantitative estimate of drug-likeness (QED) is 0.630. The van der Waals surface area contributed by atoms with Crippen LogP contribution in [0.3, 0.4) is 0 Å². The first kappa shape index (κ1) is 9.83. The second-order valence-electron chi connectivity index (χ2n) is 3.64. The van der Waals surface area contributed by atoms with Gasteiger partial charge < -0.3 is 9.05 Å². The van der Waals surface area contributed by atoms with E-state index in [4.69, 9.17) is 9.05 Å². The number of benzene rings is 1. The van der Waals surface area contributed by atoms with Crippen molar-refractivity contribution in [2.24, 2.45) is 0 Å². The summed E-state index contributed by atoms with van der Waals surface area (Å²) in [6, 6.07) is 8.20. The number of allylic oxidation sites excluding steroid dienone is 2. The second kappa shape index (κ2) is 4.25. The molecule has 3 rings (SSSR count). The third-order valence-corrected chi connectivity index (χ3v) is 3.22. The van der Waals surface area contributed by atoms with Crippen LogP contribution in [0, 0.1) is 0 Å². The van der Waals surface area contributed by atoms with E-state index in [0.29, 0.717) is 0 Å². The topological polar surface area (TPSA) is 18.5 Å². The Bertz CT molecular complexity index is 572. The molecule has 0 radical (unpaired) electrons. The lowest BCUT2D eigenvalue weighted by Crippen LogP contribution is -2.31. The molecule has 2 unspecified atom stereocenters. The van der Waals surface area contributed by atoms with Gasteiger partial charge in [-0.2, -0.15) is 0 Å². The van der Waals surface area contributed by atoms with Crippen LogP contribution in [0.2, 0.25) is 0 Å². The van der Waals surface area contributed by atoms with Crippen LogP contribution < -0.4 is 10.4 Å². The van der Waals surface area contributed by atoms with Gasteiger partial charge >= 0.3 is 0 Å². The zero-order chi connectivity index (χ0) is 10.8. The number of hydrogen-bond acceptors (Lipinski definition) is 2. The van der Waals surface area contributed by atoms with Crippen molar-refractivity contribution in [2.45, 2.75) is 6.10 Å². The van der Waals surface area contributed by atoms with Gasteiger partial charge in [-0.25, -0.2) is 0 Å². The van der Waals surface area contributed by atoms with Gasteiger partial charge in [0, 0.05) is 5.22 Å². The standard InChI is InChI=1S/C13H11O2P/c1-2-6-11-10(5-1)9-14-16-15-13-8-4-3-7-12(11)13/h1-9,13,16H/b10-9?,12-11-. The summed E-state index contributed by atoms with van der Waals surface area (Å²) in [6.45, 7) is 0. The summed E-state index contributed by atoms with van der Waals surface area (Å²) >= 11 is 0. The van der Waals surface area contributed by atoms with Crippen molar-refractivity contribution >= 4 is 20.9 Å². The maximum atomic E-state index is 5.64. The van der Waals surface area contributed by atoms with Gasteiger partial charge in [0.1, 0.15) is 6.10 Å². The fourth-order valence-corrected chi connectivity index (χ4v) is 2.44. The Balaban J connectivity index is 2.35. The lowest BCUT2D eigenvalue weighted by Gasteiger charge is -2.18. The molecular formula is C13H11O2P. The van der Waals surface area contributed by atoms with E-state index < -0.39 is 0 Å². The van der Waals surface area contributed by atoms with Crippen LogP contribution in [0.4, 0.5) is 0 Å². The Morgan fingerprint density at radius 1 is 1.12 bits per heavy atom. The van der Waals surface area contributed by atoms with E-state index in [1.54, 1.807) is 6.26 Å². The maximum absolute atomic E-state index is 5.64. The summed E-state index contributed by atoms with van der Waals surface area (Å²) in [5, 5.41) is 2.29. The van der Waals surface area contributed by atoms with Crippen molar-refractivity contribution in [1.29, 1.82) is 0 Å². The third-order valence-electron chi connectivity index (χ3n) is 2.66. The van der Waals surface area contributed by atoms with Crippen molar-refractivity contribution in [2.75, 3.05) is 0 Å². The van der Waals surface area contributed by atoms with Gasteiger partial charge in [-0.15, -0.1) is 0 Å². The van der Waals surface area contributed by atoms with Gasteiger partial charge in [-0.3, -0.25) is 0 Å². The summed E-state index contributed by atoms with van der Waals surface area (Å²) < 4.78 is 11.0. The van der Waals surface area contributed by atoms with Crippen LogP contribution in [0.25, 0.3) is 11.8 Å². The minimum absolute atomic E-state index is 0.0122. The lowest BCUT2D eigenvalue weighted by atomic mass is 10.0. The molecule has 1 aliphatic carbocycles. The molecule has 0 N–H and O–H groups in total. The minimum Gasteiger partial charge on any atom is -0.457 e. The first-order valence-electron chi connectivity index (χ1n) is 5.16. The van der Waals surface area contributed by atoms with Gasteiger partial charge in [0.2, 0.25) is 9.03 Å². The predicted octanol–water partition coefficient (Wildman–Crippen LogP) is 1.63. The molecule has 0 fully saturated rings. The van der Waals surface area contributed by atoms with Crippen LogP contribution in [0.15, 0.2) is 48.6 Å². The van der Waals surface area contributed by atoms with Crippen molar-refractivity contribution in [1.82, 2.24) is 0 Å². The summed E-state index contributed by atoms with van der Waals surface area (Å²) in [5.41, 5.74) is 1.20. The largest absolute Gasteiger partial charge is 0.457 e. The zero-order valence-electron chi connectivity index (χ0n) is 8.59. The van der Waals surface area contributed by atoms with Crippen LogP contribution >= 0.6 is 9.03 Å². The molecule has 1 aromatic carbocycles. The average Bonchev–Trinajstić information content (AvgIpc) is 2.33. The highest BCUT2D eigenvalue weighted by molar-refractivity contribution is 7.26. The Hall–Kier alpha value is -1.37. The normalized spacial score (nSPS) is 27.1. The van der Waals surface area contributed by atoms with E-state index in [9.17, 15) is 0 Å². The monoisotopic (exact) mass is 230 g/mol. The predicted molar refractivity (Wildman–Crippen MR) is 66.1 cm³/mol. The molecular weight excluding hydrogens is 219 g/mol. The molecule has 0 aromatic heterocycles. The minimum atomic E-state index is 0.0122. The second-order valence-corrected chi connectivity index (χ2v) is 4.28. The SMILES string of the molecule is C1=C/C2=c3\ccccc3=COPOC2C=C1. The van der Waals surface area contributed by atoms with Crippen molar-refractivity contribution in [3.05, 3.63) is 59.0 Å². The van der Waals surface area contributed by atoms with Gasteiger partial charge in [0.25, 0.3) is 0 Å². The highest BCUT2D eigenvalue weighted by Crippen LogP contribution is 2.25. The molecule has 0 amide bonds. The van der Waals surface area contributed by atoms with Gasteiger partial charge in [0.05, 0.1) is 6.26 Å². The van der Waals surface area contributed by atoms with Gasteiger partial charge in [0.15, 0.2) is 0 Å². The third kappa shape index (κ3) is 1.71. The van der Waals surface area contributed by atoms with Gasteiger partial charge in [-0.1, -0.05) is 48.6 Å². The van der Waals surface area contributed by atoms with E-state index in [1.807, 2.05) is 30.4 Å². The number of fused-ring (bicyclic) bond motifs is 2. The summed E-state index contributed by atoms with van der Waals surface area (Å²) in [5.74, 6) is 0. The van der Waals surface area contributed by atoms with Crippen molar-refractivity contribution < 1.29 is 9.05 Å². The first-order chi connectivity index (χ1) is 7.95. The van der Waals surface area contributed by atoms with E-state index >= 15 is 0 Å².